The fourth-order valence-corrected chi connectivity index (χ4v) is 2.06. The minimum absolute atomic E-state index is 0.181. The zero-order valence-electron chi connectivity index (χ0n) is 12.8. The van der Waals surface area contributed by atoms with Gasteiger partial charge in [-0.2, -0.15) is 0 Å². The Balaban J connectivity index is 1.99. The Labute approximate surface area is 129 Å². The fraction of sp³-hybridized carbons (Fsp3) is 0.312. The average molecular weight is 301 g/mol. The molecule has 2 aromatic rings. The molecule has 0 bridgehead atoms. The van der Waals surface area contributed by atoms with Crippen molar-refractivity contribution in [3.63, 3.8) is 0 Å². The second kappa shape index (κ2) is 6.89. The molecule has 0 saturated heterocycles. The molecule has 2 amide bonds. The minimum atomic E-state index is -0.659. The van der Waals surface area contributed by atoms with Gasteiger partial charge in [0.05, 0.1) is 18.0 Å². The van der Waals surface area contributed by atoms with Gasteiger partial charge in [-0.1, -0.05) is 6.07 Å². The third-order valence-corrected chi connectivity index (χ3v) is 3.51. The number of nitrogens with zero attached hydrogens (tertiary/aromatic N) is 2. The van der Waals surface area contributed by atoms with Crippen LogP contribution in [0.4, 0.5) is 0 Å². The molecule has 0 fully saturated rings. The van der Waals surface area contributed by atoms with Crippen LogP contribution in [0.15, 0.2) is 47.2 Å². The van der Waals surface area contributed by atoms with E-state index in [2.05, 4.69) is 10.3 Å². The number of carbonyl (C=O) groups excluding carboxylic acids is 2. The largest absolute Gasteiger partial charge is 0.459 e. The third kappa shape index (κ3) is 3.52. The first kappa shape index (κ1) is 15.8. The fourth-order valence-electron chi connectivity index (χ4n) is 2.06. The molecular formula is C16H19N3O3. The molecule has 0 radical (unpaired) electrons. The number of furan rings is 1. The van der Waals surface area contributed by atoms with Crippen LogP contribution >= 0.6 is 0 Å². The first-order valence-electron chi connectivity index (χ1n) is 7.02. The summed E-state index contributed by atoms with van der Waals surface area (Å²) in [5.41, 5.74) is 0.794. The quantitative estimate of drug-likeness (QED) is 0.916. The molecule has 0 aliphatic heterocycles. The van der Waals surface area contributed by atoms with Crippen molar-refractivity contribution in [2.24, 2.45) is 0 Å². The Kier molecular flexibility index (Phi) is 4.93. The van der Waals surface area contributed by atoms with E-state index < -0.39 is 11.9 Å². The molecule has 0 aliphatic rings. The van der Waals surface area contributed by atoms with Crippen molar-refractivity contribution in [3.05, 3.63) is 54.2 Å². The first-order chi connectivity index (χ1) is 10.5. The molecule has 0 saturated carbocycles. The van der Waals surface area contributed by atoms with Crippen molar-refractivity contribution in [3.8, 4) is 0 Å². The van der Waals surface area contributed by atoms with E-state index in [1.54, 1.807) is 37.2 Å². The normalized spacial score (nSPS) is 13.2. The van der Waals surface area contributed by atoms with Crippen LogP contribution in [0, 0.1) is 0 Å². The maximum Gasteiger partial charge on any atom is 0.287 e. The van der Waals surface area contributed by atoms with Crippen molar-refractivity contribution < 1.29 is 14.0 Å². The lowest BCUT2D eigenvalue weighted by Gasteiger charge is -2.27. The van der Waals surface area contributed by atoms with Crippen LogP contribution in [0.5, 0.6) is 0 Å². The van der Waals surface area contributed by atoms with Crippen LogP contribution in [0.1, 0.15) is 36.1 Å². The standard InChI is InChI=1S/C16H19N3O3/c1-11(18-15(20)14-8-6-10-22-14)16(21)19(3)12(2)13-7-4-5-9-17-13/h4-12H,1-3H3,(H,18,20). The average Bonchev–Trinajstić information content (AvgIpc) is 3.08. The van der Waals surface area contributed by atoms with Gasteiger partial charge in [-0.25, -0.2) is 0 Å². The molecule has 2 aromatic heterocycles. The molecule has 0 aromatic carbocycles. The van der Waals surface area contributed by atoms with E-state index in [0.717, 1.165) is 5.69 Å². The van der Waals surface area contributed by atoms with Crippen molar-refractivity contribution >= 4 is 11.8 Å². The van der Waals surface area contributed by atoms with E-state index in [0.29, 0.717) is 0 Å². The number of amides is 2. The van der Waals surface area contributed by atoms with E-state index in [4.69, 9.17) is 4.42 Å². The van der Waals surface area contributed by atoms with Crippen LogP contribution in [0.3, 0.4) is 0 Å². The number of rotatable bonds is 5. The maximum atomic E-state index is 12.4. The molecule has 0 spiro atoms. The summed E-state index contributed by atoms with van der Waals surface area (Å²) in [5.74, 6) is -0.428. The third-order valence-electron chi connectivity index (χ3n) is 3.51. The van der Waals surface area contributed by atoms with Gasteiger partial charge in [-0.05, 0) is 38.1 Å². The molecule has 2 atom stereocenters. The van der Waals surface area contributed by atoms with Crippen LogP contribution < -0.4 is 5.32 Å². The Hall–Kier alpha value is -2.63. The SMILES string of the molecule is CC(NC(=O)c1ccco1)C(=O)N(C)C(C)c1ccccn1. The number of hydrogen-bond acceptors (Lipinski definition) is 4. The molecule has 0 aliphatic carbocycles. The van der Waals surface area contributed by atoms with Gasteiger partial charge < -0.3 is 14.6 Å². The summed E-state index contributed by atoms with van der Waals surface area (Å²) >= 11 is 0. The van der Waals surface area contributed by atoms with Gasteiger partial charge in [0.2, 0.25) is 5.91 Å². The van der Waals surface area contributed by atoms with E-state index in [9.17, 15) is 9.59 Å². The Morgan fingerprint density at radius 2 is 2.00 bits per heavy atom. The van der Waals surface area contributed by atoms with Gasteiger partial charge in [-0.15, -0.1) is 0 Å². The molecule has 6 nitrogen and oxygen atoms in total. The lowest BCUT2D eigenvalue weighted by molar-refractivity contribution is -0.133. The topological polar surface area (TPSA) is 75.4 Å². The van der Waals surface area contributed by atoms with E-state index in [1.807, 2.05) is 25.1 Å². The monoisotopic (exact) mass is 301 g/mol. The van der Waals surface area contributed by atoms with E-state index in [1.165, 1.54) is 6.26 Å². The van der Waals surface area contributed by atoms with E-state index >= 15 is 0 Å². The number of pyridine rings is 1. The Morgan fingerprint density at radius 1 is 1.23 bits per heavy atom. The van der Waals surface area contributed by atoms with Gasteiger partial charge in [0.25, 0.3) is 5.91 Å². The van der Waals surface area contributed by atoms with Crippen LogP contribution in [0.2, 0.25) is 0 Å². The highest BCUT2D eigenvalue weighted by Crippen LogP contribution is 2.16. The lowest BCUT2D eigenvalue weighted by atomic mass is 10.1. The molecule has 116 valence electrons. The van der Waals surface area contributed by atoms with Crippen LogP contribution in [-0.2, 0) is 4.79 Å². The highest BCUT2D eigenvalue weighted by atomic mass is 16.3. The summed E-state index contributed by atoms with van der Waals surface area (Å²) in [6, 6.07) is 7.89. The van der Waals surface area contributed by atoms with Crippen LogP contribution in [0.25, 0.3) is 0 Å². The number of aromatic nitrogens is 1. The van der Waals surface area contributed by atoms with E-state index in [-0.39, 0.29) is 17.7 Å². The van der Waals surface area contributed by atoms with Crippen molar-refractivity contribution in [1.82, 2.24) is 15.2 Å². The molecule has 2 rings (SSSR count). The zero-order valence-corrected chi connectivity index (χ0v) is 12.8. The zero-order chi connectivity index (χ0) is 16.1. The van der Waals surface area contributed by atoms with Crippen molar-refractivity contribution in [2.45, 2.75) is 25.9 Å². The predicted molar refractivity (Wildman–Crippen MR) is 81.1 cm³/mol. The first-order valence-corrected chi connectivity index (χ1v) is 7.02. The maximum absolute atomic E-state index is 12.4. The van der Waals surface area contributed by atoms with Crippen molar-refractivity contribution in [2.75, 3.05) is 7.05 Å². The summed E-state index contributed by atoms with van der Waals surface area (Å²) in [5, 5.41) is 2.62. The molecular weight excluding hydrogens is 282 g/mol. The minimum Gasteiger partial charge on any atom is -0.459 e. The highest BCUT2D eigenvalue weighted by molar-refractivity contribution is 5.95. The second-order valence-electron chi connectivity index (χ2n) is 5.05. The van der Waals surface area contributed by atoms with Gasteiger partial charge in [0.1, 0.15) is 6.04 Å². The lowest BCUT2D eigenvalue weighted by Crippen LogP contribution is -2.46. The number of nitrogens with one attached hydrogen (secondary N) is 1. The molecule has 2 heterocycles. The smallest absolute Gasteiger partial charge is 0.287 e. The summed E-state index contributed by atoms with van der Waals surface area (Å²) in [6.07, 6.45) is 3.10. The number of hydrogen-bond donors (Lipinski definition) is 1. The summed E-state index contributed by atoms with van der Waals surface area (Å²) in [6.45, 7) is 3.53. The predicted octanol–water partition coefficient (Wildman–Crippen LogP) is 2.01. The van der Waals surface area contributed by atoms with Gasteiger partial charge in [0.15, 0.2) is 5.76 Å². The number of carbonyl (C=O) groups is 2. The summed E-state index contributed by atoms with van der Waals surface area (Å²) in [7, 11) is 1.69. The molecule has 22 heavy (non-hydrogen) atoms. The molecule has 6 heteroatoms. The van der Waals surface area contributed by atoms with Crippen molar-refractivity contribution in [1.29, 1.82) is 0 Å². The second-order valence-corrected chi connectivity index (χ2v) is 5.05. The Morgan fingerprint density at radius 3 is 2.59 bits per heavy atom. The number of likely N-dealkylation sites (N-methyl/N-ethyl adjacent to an activating group) is 1. The van der Waals surface area contributed by atoms with Gasteiger partial charge >= 0.3 is 0 Å². The van der Waals surface area contributed by atoms with Crippen LogP contribution in [-0.4, -0.2) is 34.8 Å². The summed E-state index contributed by atoms with van der Waals surface area (Å²) in [4.78, 5) is 30.1. The Bertz CT molecular complexity index is 625. The summed E-state index contributed by atoms with van der Waals surface area (Å²) < 4.78 is 5.01. The molecule has 1 N–H and O–H groups in total. The van der Waals surface area contributed by atoms with Gasteiger partial charge in [0, 0.05) is 13.2 Å². The molecule has 2 unspecified atom stereocenters. The van der Waals surface area contributed by atoms with Gasteiger partial charge in [-0.3, -0.25) is 14.6 Å². The highest BCUT2D eigenvalue weighted by Gasteiger charge is 2.25.